The summed E-state index contributed by atoms with van der Waals surface area (Å²) >= 11 is 0. The van der Waals surface area contributed by atoms with E-state index in [9.17, 15) is 0 Å². The van der Waals surface area contributed by atoms with Crippen LogP contribution in [-0.2, 0) is 6.42 Å². The Labute approximate surface area is 87.1 Å². The quantitative estimate of drug-likeness (QED) is 0.646. The van der Waals surface area contributed by atoms with Crippen molar-refractivity contribution in [1.82, 2.24) is 0 Å². The van der Waals surface area contributed by atoms with Crippen molar-refractivity contribution in [1.29, 1.82) is 0 Å². The fraction of sp³-hybridized carbons (Fsp3) is 0.538. The smallest absolute Gasteiger partial charge is 0.119 e. The van der Waals surface area contributed by atoms with E-state index in [0.717, 1.165) is 5.75 Å². The first-order valence-corrected chi connectivity index (χ1v) is 5.41. The van der Waals surface area contributed by atoms with Gasteiger partial charge >= 0.3 is 0 Å². The molecule has 78 valence electrons. The lowest BCUT2D eigenvalue weighted by Crippen LogP contribution is -1.91. The van der Waals surface area contributed by atoms with Crippen LogP contribution in [0.3, 0.4) is 0 Å². The average molecular weight is 192 g/mol. The molecule has 0 atom stereocenters. The second-order valence-corrected chi connectivity index (χ2v) is 3.75. The molecule has 0 aliphatic rings. The van der Waals surface area contributed by atoms with Crippen LogP contribution in [0.15, 0.2) is 18.2 Å². The summed E-state index contributed by atoms with van der Waals surface area (Å²) in [7, 11) is 1.71. The Morgan fingerprint density at radius 1 is 1.21 bits per heavy atom. The van der Waals surface area contributed by atoms with E-state index >= 15 is 0 Å². The maximum Gasteiger partial charge on any atom is 0.119 e. The van der Waals surface area contributed by atoms with Gasteiger partial charge in [0.25, 0.3) is 0 Å². The van der Waals surface area contributed by atoms with Crippen molar-refractivity contribution in [2.24, 2.45) is 0 Å². The number of unbranched alkanes of at least 4 members (excludes halogenated alkanes) is 2. The van der Waals surface area contributed by atoms with Crippen LogP contribution in [0.25, 0.3) is 0 Å². The summed E-state index contributed by atoms with van der Waals surface area (Å²) in [5.41, 5.74) is 2.81. The predicted octanol–water partition coefficient (Wildman–Crippen LogP) is 3.74. The van der Waals surface area contributed by atoms with Gasteiger partial charge in [-0.25, -0.2) is 0 Å². The highest BCUT2D eigenvalue weighted by molar-refractivity contribution is 5.34. The highest BCUT2D eigenvalue weighted by atomic mass is 16.5. The second-order valence-electron chi connectivity index (χ2n) is 3.75. The minimum absolute atomic E-state index is 0.960. The van der Waals surface area contributed by atoms with Crippen LogP contribution in [0.2, 0.25) is 0 Å². The van der Waals surface area contributed by atoms with E-state index in [1.54, 1.807) is 7.11 Å². The van der Waals surface area contributed by atoms with Gasteiger partial charge in [0, 0.05) is 0 Å². The number of aryl methyl sites for hydroxylation is 2. The Morgan fingerprint density at radius 3 is 2.57 bits per heavy atom. The summed E-state index contributed by atoms with van der Waals surface area (Å²) in [5, 5.41) is 0. The van der Waals surface area contributed by atoms with Gasteiger partial charge in [0.15, 0.2) is 0 Å². The molecular formula is C13H20O. The molecule has 0 bridgehead atoms. The first-order valence-electron chi connectivity index (χ1n) is 5.41. The van der Waals surface area contributed by atoms with Gasteiger partial charge in [-0.2, -0.15) is 0 Å². The van der Waals surface area contributed by atoms with Crippen molar-refractivity contribution >= 4 is 0 Å². The van der Waals surface area contributed by atoms with Crippen LogP contribution >= 0.6 is 0 Å². The zero-order valence-corrected chi connectivity index (χ0v) is 9.47. The predicted molar refractivity (Wildman–Crippen MR) is 61.0 cm³/mol. The summed E-state index contributed by atoms with van der Waals surface area (Å²) in [6, 6.07) is 6.35. The molecule has 0 saturated heterocycles. The Bertz CT molecular complexity index is 279. The van der Waals surface area contributed by atoms with Gasteiger partial charge in [-0.05, 0) is 43.0 Å². The maximum atomic E-state index is 5.18. The van der Waals surface area contributed by atoms with E-state index in [1.165, 1.54) is 36.8 Å². The molecule has 1 nitrogen and oxygen atoms in total. The minimum Gasteiger partial charge on any atom is -0.497 e. The van der Waals surface area contributed by atoms with E-state index < -0.39 is 0 Å². The largest absolute Gasteiger partial charge is 0.497 e. The molecule has 0 amide bonds. The van der Waals surface area contributed by atoms with Crippen molar-refractivity contribution in [3.05, 3.63) is 29.3 Å². The average Bonchev–Trinajstić information content (AvgIpc) is 2.20. The SMILES string of the molecule is CCCCCc1ccc(OC)cc1C. The summed E-state index contributed by atoms with van der Waals surface area (Å²) in [6.45, 7) is 4.39. The molecule has 1 aromatic rings. The second kappa shape index (κ2) is 5.69. The Morgan fingerprint density at radius 2 is 2.00 bits per heavy atom. The molecular weight excluding hydrogens is 172 g/mol. The topological polar surface area (TPSA) is 9.23 Å². The third kappa shape index (κ3) is 3.06. The zero-order chi connectivity index (χ0) is 10.4. The molecule has 1 rings (SSSR count). The Balaban J connectivity index is 2.59. The molecule has 1 heteroatoms. The van der Waals surface area contributed by atoms with E-state index in [4.69, 9.17) is 4.74 Å². The monoisotopic (exact) mass is 192 g/mol. The van der Waals surface area contributed by atoms with Crippen LogP contribution < -0.4 is 4.74 Å². The number of benzene rings is 1. The lowest BCUT2D eigenvalue weighted by atomic mass is 10.0. The van der Waals surface area contributed by atoms with E-state index in [-0.39, 0.29) is 0 Å². The molecule has 0 aromatic heterocycles. The lowest BCUT2D eigenvalue weighted by Gasteiger charge is -2.07. The van der Waals surface area contributed by atoms with Crippen LogP contribution in [-0.4, -0.2) is 7.11 Å². The fourth-order valence-corrected chi connectivity index (χ4v) is 1.64. The molecule has 0 saturated carbocycles. The third-order valence-electron chi connectivity index (χ3n) is 2.60. The molecule has 0 aliphatic heterocycles. The van der Waals surface area contributed by atoms with Gasteiger partial charge in [-0.3, -0.25) is 0 Å². The van der Waals surface area contributed by atoms with Gasteiger partial charge < -0.3 is 4.74 Å². The molecule has 0 fully saturated rings. The molecule has 1 aromatic carbocycles. The number of ether oxygens (including phenoxy) is 1. The van der Waals surface area contributed by atoms with Crippen LogP contribution in [0.4, 0.5) is 0 Å². The Hall–Kier alpha value is -0.980. The summed E-state index contributed by atoms with van der Waals surface area (Å²) < 4.78 is 5.18. The number of hydrogen-bond donors (Lipinski definition) is 0. The van der Waals surface area contributed by atoms with Gasteiger partial charge in [-0.15, -0.1) is 0 Å². The van der Waals surface area contributed by atoms with Crippen LogP contribution in [0.1, 0.15) is 37.3 Å². The lowest BCUT2D eigenvalue weighted by molar-refractivity contribution is 0.414. The van der Waals surface area contributed by atoms with Crippen molar-refractivity contribution in [3.8, 4) is 5.75 Å². The normalized spacial score (nSPS) is 10.2. The van der Waals surface area contributed by atoms with Gasteiger partial charge in [0.05, 0.1) is 7.11 Å². The molecule has 0 spiro atoms. The summed E-state index contributed by atoms with van der Waals surface area (Å²) in [4.78, 5) is 0. The summed E-state index contributed by atoms with van der Waals surface area (Å²) in [5.74, 6) is 0.960. The van der Waals surface area contributed by atoms with Crippen LogP contribution in [0, 0.1) is 6.92 Å². The van der Waals surface area contributed by atoms with Crippen molar-refractivity contribution in [2.45, 2.75) is 39.5 Å². The molecule has 0 N–H and O–H groups in total. The highest BCUT2D eigenvalue weighted by Gasteiger charge is 1.99. The summed E-state index contributed by atoms with van der Waals surface area (Å²) in [6.07, 6.45) is 5.11. The number of rotatable bonds is 5. The molecule has 0 radical (unpaired) electrons. The maximum absolute atomic E-state index is 5.18. The van der Waals surface area contributed by atoms with Gasteiger partial charge in [0.2, 0.25) is 0 Å². The van der Waals surface area contributed by atoms with Gasteiger partial charge in [0.1, 0.15) is 5.75 Å². The van der Waals surface area contributed by atoms with Crippen LogP contribution in [0.5, 0.6) is 5.75 Å². The number of hydrogen-bond acceptors (Lipinski definition) is 1. The molecule has 14 heavy (non-hydrogen) atoms. The molecule has 0 unspecified atom stereocenters. The Kier molecular flexibility index (Phi) is 4.51. The van der Waals surface area contributed by atoms with Crippen molar-refractivity contribution < 1.29 is 4.74 Å². The minimum atomic E-state index is 0.960. The molecule has 0 aliphatic carbocycles. The van der Waals surface area contributed by atoms with E-state index in [1.807, 2.05) is 6.07 Å². The first kappa shape index (κ1) is 11.1. The highest BCUT2D eigenvalue weighted by Crippen LogP contribution is 2.18. The number of methoxy groups -OCH3 is 1. The van der Waals surface area contributed by atoms with E-state index in [2.05, 4.69) is 26.0 Å². The third-order valence-corrected chi connectivity index (χ3v) is 2.60. The standard InChI is InChI=1S/C13H20O/c1-4-5-6-7-12-8-9-13(14-3)10-11(12)2/h8-10H,4-7H2,1-3H3. The first-order chi connectivity index (χ1) is 6.77. The van der Waals surface area contributed by atoms with Crippen molar-refractivity contribution in [2.75, 3.05) is 7.11 Å². The zero-order valence-electron chi connectivity index (χ0n) is 9.47. The van der Waals surface area contributed by atoms with E-state index in [0.29, 0.717) is 0 Å². The van der Waals surface area contributed by atoms with Crippen molar-refractivity contribution in [3.63, 3.8) is 0 Å². The molecule has 0 heterocycles. The fourth-order valence-electron chi connectivity index (χ4n) is 1.64. The van der Waals surface area contributed by atoms with Gasteiger partial charge in [-0.1, -0.05) is 25.8 Å².